The molecule has 0 heterocycles. The molecule has 0 spiro atoms. The fourth-order valence-corrected chi connectivity index (χ4v) is 3.28. The molecule has 0 rings (SSSR count). The third-order valence-electron chi connectivity index (χ3n) is 2.21. The smallest absolute Gasteiger partial charge is 0.228 e. The van der Waals surface area contributed by atoms with Crippen LogP contribution in [0.15, 0.2) is 0 Å². The van der Waals surface area contributed by atoms with Crippen LogP contribution in [0.3, 0.4) is 0 Å². The van der Waals surface area contributed by atoms with E-state index in [1.54, 1.807) is 0 Å². The molecule has 0 fully saturated rings. The molecule has 0 aromatic carbocycles. The predicted molar refractivity (Wildman–Crippen MR) is 49.1 cm³/mol. The molecule has 0 bridgehead atoms. The minimum atomic E-state index is -4.46. The van der Waals surface area contributed by atoms with Crippen molar-refractivity contribution in [2.75, 3.05) is 0 Å². The van der Waals surface area contributed by atoms with Crippen molar-refractivity contribution in [2.45, 2.75) is 50.0 Å². The van der Waals surface area contributed by atoms with Crippen LogP contribution in [0.25, 0.3) is 0 Å². The second kappa shape index (κ2) is 5.67. The van der Waals surface area contributed by atoms with Gasteiger partial charge < -0.3 is 0 Å². The molecule has 0 amide bonds. The molecule has 2 unspecified atom stereocenters. The summed E-state index contributed by atoms with van der Waals surface area (Å²) in [4.78, 5) is 0. The molecule has 92 valence electrons. The van der Waals surface area contributed by atoms with E-state index in [-0.39, 0.29) is 12.8 Å². The van der Waals surface area contributed by atoms with Crippen LogP contribution in [0, 0.1) is 0 Å². The third-order valence-corrected chi connectivity index (χ3v) is 4.98. The summed E-state index contributed by atoms with van der Waals surface area (Å²) in [5, 5.41) is -3.98. The molecule has 2 atom stereocenters. The predicted octanol–water partition coefficient (Wildman–Crippen LogP) is 2.49. The van der Waals surface area contributed by atoms with Crippen molar-refractivity contribution in [3.05, 3.63) is 0 Å². The molecule has 0 saturated carbocycles. The second-order valence-electron chi connectivity index (χ2n) is 3.15. The monoisotopic (exact) mass is 250 g/mol. The van der Waals surface area contributed by atoms with Crippen molar-refractivity contribution >= 4 is 9.84 Å². The Bertz CT molecular complexity index is 254. The maximum Gasteiger partial charge on any atom is 0.255 e. The van der Waals surface area contributed by atoms with Gasteiger partial charge in [-0.2, -0.15) is 0 Å². The normalized spacial score (nSPS) is 17.1. The van der Waals surface area contributed by atoms with Crippen molar-refractivity contribution in [3.8, 4) is 0 Å². The Kier molecular flexibility index (Phi) is 5.55. The molecule has 0 aromatic rings. The molecule has 0 saturated heterocycles. The van der Waals surface area contributed by atoms with Crippen LogP contribution in [-0.4, -0.2) is 31.8 Å². The molecule has 0 aliphatic rings. The Morgan fingerprint density at radius 1 is 0.867 bits per heavy atom. The van der Waals surface area contributed by atoms with Gasteiger partial charge >= 0.3 is 0 Å². The molecule has 0 aliphatic carbocycles. The maximum atomic E-state index is 12.3. The first-order chi connectivity index (χ1) is 6.78. The van der Waals surface area contributed by atoms with Crippen LogP contribution in [-0.2, 0) is 9.84 Å². The molecule has 0 radical (unpaired) electrons. The van der Waals surface area contributed by atoms with E-state index in [2.05, 4.69) is 0 Å². The lowest BCUT2D eigenvalue weighted by Gasteiger charge is -2.21. The largest absolute Gasteiger partial charge is 0.255 e. The average Bonchev–Trinajstić information content (AvgIpc) is 2.02. The van der Waals surface area contributed by atoms with E-state index in [1.165, 1.54) is 13.8 Å². The van der Waals surface area contributed by atoms with Crippen molar-refractivity contribution in [1.82, 2.24) is 0 Å². The van der Waals surface area contributed by atoms with E-state index in [4.69, 9.17) is 0 Å². The molecule has 0 aromatic heterocycles. The number of alkyl halides is 4. The summed E-state index contributed by atoms with van der Waals surface area (Å²) in [5.41, 5.74) is 0. The lowest BCUT2D eigenvalue weighted by Crippen LogP contribution is -2.39. The van der Waals surface area contributed by atoms with Gasteiger partial charge in [0, 0.05) is 0 Å². The van der Waals surface area contributed by atoms with Crippen LogP contribution < -0.4 is 0 Å². The fourth-order valence-electron chi connectivity index (χ4n) is 1.33. The van der Waals surface area contributed by atoms with Crippen molar-refractivity contribution < 1.29 is 26.0 Å². The Hall–Kier alpha value is -0.330. The molecule has 15 heavy (non-hydrogen) atoms. The highest BCUT2D eigenvalue weighted by atomic mass is 32.2. The molecule has 0 N–H and O–H groups in total. The SMILES string of the molecule is CCC(C(F)F)S(=O)(=O)C(CC)C(F)F. The van der Waals surface area contributed by atoms with Gasteiger partial charge in [-0.05, 0) is 12.8 Å². The maximum absolute atomic E-state index is 12.3. The third kappa shape index (κ3) is 3.32. The van der Waals surface area contributed by atoms with Gasteiger partial charge in [0.1, 0.15) is 10.5 Å². The van der Waals surface area contributed by atoms with Gasteiger partial charge in [-0.25, -0.2) is 26.0 Å². The van der Waals surface area contributed by atoms with Gasteiger partial charge in [0.25, 0.3) is 12.9 Å². The van der Waals surface area contributed by atoms with Crippen LogP contribution in [0.4, 0.5) is 17.6 Å². The van der Waals surface area contributed by atoms with Crippen LogP contribution >= 0.6 is 0 Å². The van der Waals surface area contributed by atoms with Crippen molar-refractivity contribution in [2.24, 2.45) is 0 Å². The highest BCUT2D eigenvalue weighted by Crippen LogP contribution is 2.25. The van der Waals surface area contributed by atoms with Gasteiger partial charge in [0.05, 0.1) is 0 Å². The van der Waals surface area contributed by atoms with Crippen LogP contribution in [0.1, 0.15) is 26.7 Å². The number of hydrogen-bond acceptors (Lipinski definition) is 2. The first-order valence-corrected chi connectivity index (χ1v) is 6.18. The topological polar surface area (TPSA) is 34.1 Å². The minimum absolute atomic E-state index is 0.358. The molecular formula is C8H14F4O2S. The van der Waals surface area contributed by atoms with E-state index in [1.807, 2.05) is 0 Å². The molecule has 2 nitrogen and oxygen atoms in total. The van der Waals surface area contributed by atoms with Crippen LogP contribution in [0.2, 0.25) is 0 Å². The van der Waals surface area contributed by atoms with Gasteiger partial charge in [0.2, 0.25) is 0 Å². The zero-order valence-corrected chi connectivity index (χ0v) is 9.28. The van der Waals surface area contributed by atoms with E-state index in [0.29, 0.717) is 0 Å². The zero-order valence-electron chi connectivity index (χ0n) is 8.46. The Morgan fingerprint density at radius 2 is 1.13 bits per heavy atom. The lowest BCUT2D eigenvalue weighted by molar-refractivity contribution is 0.127. The van der Waals surface area contributed by atoms with E-state index < -0.39 is 33.2 Å². The van der Waals surface area contributed by atoms with Crippen molar-refractivity contribution in [1.29, 1.82) is 0 Å². The Balaban J connectivity index is 5.08. The van der Waals surface area contributed by atoms with E-state index >= 15 is 0 Å². The summed E-state index contributed by atoms with van der Waals surface area (Å²) in [6.07, 6.45) is -6.95. The number of sulfone groups is 1. The highest BCUT2D eigenvalue weighted by molar-refractivity contribution is 7.92. The summed E-state index contributed by atoms with van der Waals surface area (Å²) in [6.45, 7) is 2.49. The van der Waals surface area contributed by atoms with E-state index in [0.717, 1.165) is 0 Å². The minimum Gasteiger partial charge on any atom is -0.228 e. The summed E-state index contributed by atoms with van der Waals surface area (Å²) in [6, 6.07) is 0. The lowest BCUT2D eigenvalue weighted by atomic mass is 10.3. The average molecular weight is 250 g/mol. The van der Waals surface area contributed by atoms with E-state index in [9.17, 15) is 26.0 Å². The quantitative estimate of drug-likeness (QED) is 0.679. The standard InChI is InChI=1S/C8H14F4O2S/c1-3-5(7(9)10)15(13,14)6(4-2)8(11)12/h5-8H,3-4H2,1-2H3. The van der Waals surface area contributed by atoms with Crippen molar-refractivity contribution in [3.63, 3.8) is 0 Å². The van der Waals surface area contributed by atoms with Gasteiger partial charge in [-0.15, -0.1) is 0 Å². The zero-order chi connectivity index (χ0) is 12.2. The first kappa shape index (κ1) is 14.7. The van der Waals surface area contributed by atoms with Gasteiger partial charge in [-0.3, -0.25) is 0 Å². The second-order valence-corrected chi connectivity index (χ2v) is 5.54. The summed E-state index contributed by atoms with van der Waals surface area (Å²) >= 11 is 0. The number of halogens is 4. The molecular weight excluding hydrogens is 236 g/mol. The summed E-state index contributed by atoms with van der Waals surface area (Å²) < 4.78 is 72.2. The number of hydrogen-bond donors (Lipinski definition) is 0. The summed E-state index contributed by atoms with van der Waals surface area (Å²) in [7, 11) is -4.46. The molecule has 7 heteroatoms. The molecule has 0 aliphatic heterocycles. The van der Waals surface area contributed by atoms with Gasteiger partial charge in [0.15, 0.2) is 9.84 Å². The van der Waals surface area contributed by atoms with Gasteiger partial charge in [-0.1, -0.05) is 13.8 Å². The van der Waals surface area contributed by atoms with Crippen LogP contribution in [0.5, 0.6) is 0 Å². The first-order valence-electron chi connectivity index (χ1n) is 4.57. The highest BCUT2D eigenvalue weighted by Gasteiger charge is 2.42. The number of rotatable bonds is 6. The Labute approximate surface area is 86.6 Å². The Morgan fingerprint density at radius 3 is 1.27 bits per heavy atom. The summed E-state index contributed by atoms with van der Waals surface area (Å²) in [5.74, 6) is 0. The fraction of sp³-hybridized carbons (Fsp3) is 1.00.